The highest BCUT2D eigenvalue weighted by atomic mass is 16.4. The van der Waals surface area contributed by atoms with Gasteiger partial charge in [-0.3, -0.25) is 24.0 Å². The number of para-hydroxylation sites is 1. The minimum Gasteiger partial charge on any atom is -0.481 e. The Morgan fingerprint density at radius 1 is 0.842 bits per heavy atom. The molecule has 0 saturated heterocycles. The molecule has 0 aliphatic heterocycles. The number of hydrogen-bond acceptors (Lipinski definition) is 8. The van der Waals surface area contributed by atoms with E-state index in [1.165, 1.54) is 0 Å². The van der Waals surface area contributed by atoms with Crippen LogP contribution in [0.3, 0.4) is 0 Å². The Bertz CT molecular complexity index is 1200. The zero-order valence-corrected chi connectivity index (χ0v) is 20.0. The summed E-state index contributed by atoms with van der Waals surface area (Å²) >= 11 is 0. The van der Waals surface area contributed by atoms with Crippen LogP contribution in [0.4, 0.5) is 0 Å². The van der Waals surface area contributed by atoms with Crippen LogP contribution in [-0.2, 0) is 35.2 Å². The van der Waals surface area contributed by atoms with E-state index in [1.54, 1.807) is 12.3 Å². The largest absolute Gasteiger partial charge is 0.481 e. The van der Waals surface area contributed by atoms with Crippen LogP contribution in [0.15, 0.2) is 30.5 Å². The second kappa shape index (κ2) is 13.7. The lowest BCUT2D eigenvalue weighted by atomic mass is 10.0. The Morgan fingerprint density at radius 2 is 1.45 bits per heavy atom. The fraction of sp³-hybridized carbons (Fsp3) is 0.391. The van der Waals surface area contributed by atoms with Crippen molar-refractivity contribution >= 4 is 46.5 Å². The smallest absolute Gasteiger partial charge is 0.328 e. The molecule has 206 valence electrons. The summed E-state index contributed by atoms with van der Waals surface area (Å²) in [5, 5.41) is 43.4. The van der Waals surface area contributed by atoms with Crippen molar-refractivity contribution in [2.45, 2.75) is 49.9 Å². The van der Waals surface area contributed by atoms with E-state index >= 15 is 0 Å². The molecule has 0 aliphatic carbocycles. The summed E-state index contributed by atoms with van der Waals surface area (Å²) in [4.78, 5) is 74.5. The molecule has 0 fully saturated rings. The van der Waals surface area contributed by atoms with Gasteiger partial charge in [-0.1, -0.05) is 18.2 Å². The van der Waals surface area contributed by atoms with Gasteiger partial charge in [0, 0.05) is 23.5 Å². The van der Waals surface area contributed by atoms with Gasteiger partial charge in [-0.2, -0.15) is 0 Å². The molecular weight excluding hydrogens is 506 g/mol. The average molecular weight is 536 g/mol. The molecule has 3 amide bonds. The Balaban J connectivity index is 2.15. The Labute approximate surface area is 215 Å². The van der Waals surface area contributed by atoms with Gasteiger partial charge in [0.1, 0.15) is 18.1 Å². The van der Waals surface area contributed by atoms with Crippen molar-refractivity contribution in [1.29, 1.82) is 0 Å². The standard InChI is InChI=1S/C23H29N5O10/c24-13(7-11-9-25-14-4-2-1-3-12(11)14)20(34)26-15(5-6-18(30)31)21(35)27-16(8-19(32)33)22(36)28-17(10-29)23(37)38/h1-4,9,13,15-17,25,29H,5-8,10,24H2,(H,26,34)(H,27,35)(H,28,36)(H,30,31)(H,32,33)(H,37,38). The van der Waals surface area contributed by atoms with Crippen molar-refractivity contribution in [3.8, 4) is 0 Å². The molecule has 0 radical (unpaired) electrons. The minimum absolute atomic E-state index is 0.0743. The third kappa shape index (κ3) is 8.56. The van der Waals surface area contributed by atoms with Crippen molar-refractivity contribution in [2.75, 3.05) is 6.61 Å². The number of carbonyl (C=O) groups excluding carboxylic acids is 3. The number of carbonyl (C=O) groups is 6. The number of aromatic nitrogens is 1. The number of aliphatic hydroxyl groups is 1. The number of aliphatic carboxylic acids is 3. The van der Waals surface area contributed by atoms with E-state index in [2.05, 4.69) is 15.6 Å². The Morgan fingerprint density at radius 3 is 2.05 bits per heavy atom. The summed E-state index contributed by atoms with van der Waals surface area (Å²) in [5.41, 5.74) is 7.57. The molecule has 10 N–H and O–H groups in total. The second-order valence-electron chi connectivity index (χ2n) is 8.40. The third-order valence-corrected chi connectivity index (χ3v) is 5.54. The van der Waals surface area contributed by atoms with E-state index < -0.39 is 85.7 Å². The molecule has 1 aromatic heterocycles. The number of hydrogen-bond donors (Lipinski definition) is 9. The number of carboxylic acids is 3. The molecule has 1 heterocycles. The first-order chi connectivity index (χ1) is 17.9. The summed E-state index contributed by atoms with van der Waals surface area (Å²) in [7, 11) is 0. The maximum absolute atomic E-state index is 12.9. The van der Waals surface area contributed by atoms with Crippen molar-refractivity contribution in [3.63, 3.8) is 0 Å². The van der Waals surface area contributed by atoms with Crippen LogP contribution in [-0.4, -0.2) is 91.8 Å². The highest BCUT2D eigenvalue weighted by Gasteiger charge is 2.31. The Hall–Kier alpha value is -4.50. The lowest BCUT2D eigenvalue weighted by Crippen LogP contribution is -2.58. The first-order valence-electron chi connectivity index (χ1n) is 11.4. The zero-order chi connectivity index (χ0) is 28.4. The van der Waals surface area contributed by atoms with Gasteiger partial charge in [-0.05, 0) is 24.5 Å². The zero-order valence-electron chi connectivity index (χ0n) is 20.0. The molecule has 1 aromatic carbocycles. The normalized spacial score (nSPS) is 14.1. The molecule has 38 heavy (non-hydrogen) atoms. The molecular formula is C23H29N5O10. The molecule has 15 nitrogen and oxygen atoms in total. The number of fused-ring (bicyclic) bond motifs is 1. The molecule has 0 bridgehead atoms. The van der Waals surface area contributed by atoms with E-state index in [0.29, 0.717) is 0 Å². The number of carboxylic acid groups (broad SMARTS) is 3. The molecule has 4 unspecified atom stereocenters. The van der Waals surface area contributed by atoms with Crippen LogP contribution in [0.2, 0.25) is 0 Å². The fourth-order valence-corrected chi connectivity index (χ4v) is 3.56. The Kier molecular flexibility index (Phi) is 10.7. The van der Waals surface area contributed by atoms with E-state index in [-0.39, 0.29) is 6.42 Å². The van der Waals surface area contributed by atoms with Crippen LogP contribution < -0.4 is 21.7 Å². The van der Waals surface area contributed by atoms with Crippen LogP contribution in [0.1, 0.15) is 24.8 Å². The highest BCUT2D eigenvalue weighted by molar-refractivity contribution is 5.96. The van der Waals surface area contributed by atoms with Gasteiger partial charge >= 0.3 is 17.9 Å². The van der Waals surface area contributed by atoms with Gasteiger partial charge in [0.05, 0.1) is 19.1 Å². The van der Waals surface area contributed by atoms with E-state index in [4.69, 9.17) is 26.2 Å². The average Bonchev–Trinajstić information content (AvgIpc) is 3.26. The molecule has 0 spiro atoms. The van der Waals surface area contributed by atoms with Gasteiger partial charge in [-0.15, -0.1) is 0 Å². The third-order valence-electron chi connectivity index (χ3n) is 5.54. The van der Waals surface area contributed by atoms with Crippen molar-refractivity contribution in [1.82, 2.24) is 20.9 Å². The molecule has 0 saturated carbocycles. The maximum Gasteiger partial charge on any atom is 0.328 e. The quantitative estimate of drug-likeness (QED) is 0.119. The summed E-state index contributed by atoms with van der Waals surface area (Å²) in [5.74, 6) is -7.51. The van der Waals surface area contributed by atoms with E-state index in [9.17, 15) is 28.8 Å². The number of nitrogens with two attached hydrogens (primary N) is 1. The van der Waals surface area contributed by atoms with Crippen molar-refractivity contribution < 1.29 is 49.2 Å². The summed E-state index contributed by atoms with van der Waals surface area (Å²) in [6.07, 6.45) is -0.182. The van der Waals surface area contributed by atoms with Gasteiger partial charge in [0.25, 0.3) is 0 Å². The predicted octanol–water partition coefficient (Wildman–Crippen LogP) is -2.09. The number of aliphatic hydroxyl groups excluding tert-OH is 1. The molecule has 15 heteroatoms. The minimum atomic E-state index is -1.79. The lowest BCUT2D eigenvalue weighted by molar-refractivity contribution is -0.144. The number of nitrogens with one attached hydrogen (secondary N) is 4. The fourth-order valence-electron chi connectivity index (χ4n) is 3.56. The predicted molar refractivity (Wildman–Crippen MR) is 130 cm³/mol. The molecule has 2 aromatic rings. The van der Waals surface area contributed by atoms with Gasteiger partial charge < -0.3 is 47.1 Å². The SMILES string of the molecule is NC(Cc1c[nH]c2ccccc12)C(=O)NC(CCC(=O)O)C(=O)NC(CC(=O)O)C(=O)NC(CO)C(=O)O. The monoisotopic (exact) mass is 535 g/mol. The van der Waals surface area contributed by atoms with Crippen LogP contribution in [0.5, 0.6) is 0 Å². The topological polar surface area (TPSA) is 261 Å². The number of H-pyrrole nitrogens is 1. The number of amides is 3. The highest BCUT2D eigenvalue weighted by Crippen LogP contribution is 2.18. The van der Waals surface area contributed by atoms with Crippen LogP contribution in [0, 0.1) is 0 Å². The van der Waals surface area contributed by atoms with Crippen LogP contribution in [0.25, 0.3) is 10.9 Å². The maximum atomic E-state index is 12.9. The summed E-state index contributed by atoms with van der Waals surface area (Å²) in [6, 6.07) is 1.08. The van der Waals surface area contributed by atoms with Crippen molar-refractivity contribution in [2.24, 2.45) is 5.73 Å². The summed E-state index contributed by atoms with van der Waals surface area (Å²) in [6.45, 7) is -1.000. The summed E-state index contributed by atoms with van der Waals surface area (Å²) < 4.78 is 0. The second-order valence-corrected chi connectivity index (χ2v) is 8.40. The number of aromatic amines is 1. The molecule has 0 aliphatic rings. The van der Waals surface area contributed by atoms with Gasteiger partial charge in [-0.25, -0.2) is 4.79 Å². The van der Waals surface area contributed by atoms with Crippen molar-refractivity contribution in [3.05, 3.63) is 36.0 Å². The molecule has 4 atom stereocenters. The van der Waals surface area contributed by atoms with Gasteiger partial charge in [0.15, 0.2) is 0 Å². The molecule has 2 rings (SSSR count). The van der Waals surface area contributed by atoms with E-state index in [0.717, 1.165) is 16.5 Å². The van der Waals surface area contributed by atoms with Gasteiger partial charge in [0.2, 0.25) is 17.7 Å². The number of rotatable bonds is 15. The van der Waals surface area contributed by atoms with E-state index in [1.807, 2.05) is 23.5 Å². The first kappa shape index (κ1) is 29.7. The number of benzene rings is 1. The lowest BCUT2D eigenvalue weighted by Gasteiger charge is -2.24. The van der Waals surface area contributed by atoms with Crippen LogP contribution >= 0.6 is 0 Å². The first-order valence-corrected chi connectivity index (χ1v) is 11.4.